The lowest BCUT2D eigenvalue weighted by Gasteiger charge is -2.34. The lowest BCUT2D eigenvalue weighted by atomic mass is 10.2. The lowest BCUT2D eigenvalue weighted by molar-refractivity contribution is -0.384. The van der Waals surface area contributed by atoms with E-state index in [1.165, 1.54) is 0 Å². The van der Waals surface area contributed by atoms with Crippen molar-refractivity contribution in [1.82, 2.24) is 9.97 Å². The predicted octanol–water partition coefficient (Wildman–Crippen LogP) is 1.70. The van der Waals surface area contributed by atoms with E-state index in [1.54, 1.807) is 0 Å². The summed E-state index contributed by atoms with van der Waals surface area (Å²) in [6.45, 7) is 3.50. The van der Waals surface area contributed by atoms with Crippen LogP contribution in [0.2, 0.25) is 0 Å². The van der Waals surface area contributed by atoms with Crippen molar-refractivity contribution in [2.75, 3.05) is 30.4 Å². The summed E-state index contributed by atoms with van der Waals surface area (Å²) in [6.07, 6.45) is 1.93. The largest absolute Gasteiger partial charge is 0.464 e. The molecule has 1 atom stereocenters. The zero-order valence-electron chi connectivity index (χ0n) is 12.6. The minimum absolute atomic E-state index is 0.154. The molecule has 3 rings (SSSR count). The van der Waals surface area contributed by atoms with Gasteiger partial charge in [0, 0.05) is 13.0 Å². The third-order valence-corrected chi connectivity index (χ3v) is 3.73. The minimum Gasteiger partial charge on any atom is -0.464 e. The molecule has 3 heterocycles. The Morgan fingerprint density at radius 3 is 3.00 bits per heavy atom. The van der Waals surface area contributed by atoms with Gasteiger partial charge in [0.1, 0.15) is 23.8 Å². The molecule has 23 heavy (non-hydrogen) atoms. The Morgan fingerprint density at radius 2 is 2.35 bits per heavy atom. The summed E-state index contributed by atoms with van der Waals surface area (Å²) in [7, 11) is 0. The summed E-state index contributed by atoms with van der Waals surface area (Å²) in [5.41, 5.74) is 5.36. The van der Waals surface area contributed by atoms with Gasteiger partial charge in [0.2, 0.25) is 11.8 Å². The number of rotatable bonds is 4. The summed E-state index contributed by atoms with van der Waals surface area (Å²) in [4.78, 5) is 20.3. The van der Waals surface area contributed by atoms with Crippen LogP contribution in [0.1, 0.15) is 24.5 Å². The Balaban J connectivity index is 1.92. The van der Waals surface area contributed by atoms with Crippen LogP contribution in [-0.2, 0) is 11.2 Å². The van der Waals surface area contributed by atoms with Gasteiger partial charge in [0.25, 0.3) is 0 Å². The fourth-order valence-electron chi connectivity index (χ4n) is 2.50. The van der Waals surface area contributed by atoms with Gasteiger partial charge in [-0.05, 0) is 12.1 Å². The van der Waals surface area contributed by atoms with E-state index in [-0.39, 0.29) is 17.5 Å². The fourth-order valence-corrected chi connectivity index (χ4v) is 2.50. The Kier molecular flexibility index (Phi) is 4.11. The van der Waals surface area contributed by atoms with Crippen molar-refractivity contribution in [2.45, 2.75) is 19.4 Å². The molecule has 9 nitrogen and oxygen atoms in total. The molecule has 1 saturated heterocycles. The molecule has 0 aromatic carbocycles. The third-order valence-electron chi connectivity index (χ3n) is 3.73. The summed E-state index contributed by atoms with van der Waals surface area (Å²) in [6, 6.07) is 3.64. The molecular formula is C14H17N5O4. The highest BCUT2D eigenvalue weighted by atomic mass is 16.6. The van der Waals surface area contributed by atoms with Crippen LogP contribution in [0, 0.1) is 10.1 Å². The normalized spacial score (nSPS) is 18.1. The first-order valence-electron chi connectivity index (χ1n) is 7.30. The molecule has 1 fully saturated rings. The quantitative estimate of drug-likeness (QED) is 0.667. The van der Waals surface area contributed by atoms with Gasteiger partial charge < -0.3 is 19.8 Å². The Hall–Kier alpha value is -2.68. The lowest BCUT2D eigenvalue weighted by Crippen LogP contribution is -2.40. The third kappa shape index (κ3) is 2.95. The summed E-state index contributed by atoms with van der Waals surface area (Å²) >= 11 is 0. The number of anilines is 2. The van der Waals surface area contributed by atoms with Gasteiger partial charge in [0.15, 0.2) is 0 Å². The second-order valence-corrected chi connectivity index (χ2v) is 5.14. The van der Waals surface area contributed by atoms with Crippen molar-refractivity contribution < 1.29 is 14.1 Å². The molecular weight excluding hydrogens is 302 g/mol. The zero-order valence-corrected chi connectivity index (χ0v) is 12.6. The van der Waals surface area contributed by atoms with Gasteiger partial charge in [0.05, 0.1) is 18.1 Å². The van der Waals surface area contributed by atoms with Crippen LogP contribution in [0.4, 0.5) is 17.5 Å². The van der Waals surface area contributed by atoms with E-state index >= 15 is 0 Å². The van der Waals surface area contributed by atoms with E-state index in [9.17, 15) is 10.1 Å². The van der Waals surface area contributed by atoms with Crippen LogP contribution >= 0.6 is 0 Å². The first-order valence-corrected chi connectivity index (χ1v) is 7.30. The van der Waals surface area contributed by atoms with Gasteiger partial charge in [-0.2, -0.15) is 4.98 Å². The second kappa shape index (κ2) is 6.21. The standard InChI is InChI=1S/C14H17N5O4/c1-2-9-3-4-12(23-9)11-8-22-6-5-18(11)14-16-7-10(19(20)21)13(15)17-14/h3-4,7,11H,2,5-6,8H2,1H3,(H2,15,16,17)/t11-/m0/s1. The van der Waals surface area contributed by atoms with E-state index < -0.39 is 4.92 Å². The van der Waals surface area contributed by atoms with Gasteiger partial charge in [-0.15, -0.1) is 0 Å². The van der Waals surface area contributed by atoms with Crippen molar-refractivity contribution >= 4 is 17.5 Å². The van der Waals surface area contributed by atoms with E-state index in [0.717, 1.165) is 24.1 Å². The fraction of sp³-hybridized carbons (Fsp3) is 0.429. The monoisotopic (exact) mass is 319 g/mol. The summed E-state index contributed by atoms with van der Waals surface area (Å²) in [5.74, 6) is 1.81. The SMILES string of the molecule is CCc1ccc([C@@H]2COCCN2c2ncc([N+](=O)[O-])c(N)n2)o1. The molecule has 122 valence electrons. The maximum atomic E-state index is 10.8. The molecule has 0 unspecified atom stereocenters. The second-order valence-electron chi connectivity index (χ2n) is 5.14. The maximum absolute atomic E-state index is 10.8. The highest BCUT2D eigenvalue weighted by molar-refractivity contribution is 5.54. The van der Waals surface area contributed by atoms with E-state index in [0.29, 0.717) is 25.7 Å². The molecule has 1 aliphatic rings. The molecule has 0 spiro atoms. The van der Waals surface area contributed by atoms with Crippen molar-refractivity contribution in [1.29, 1.82) is 0 Å². The molecule has 0 radical (unpaired) electrons. The molecule has 0 amide bonds. The van der Waals surface area contributed by atoms with Gasteiger partial charge in [-0.25, -0.2) is 4.98 Å². The van der Waals surface area contributed by atoms with Crippen molar-refractivity contribution in [3.8, 4) is 0 Å². The van der Waals surface area contributed by atoms with Gasteiger partial charge in [-0.1, -0.05) is 6.92 Å². The topological polar surface area (TPSA) is 121 Å². The predicted molar refractivity (Wildman–Crippen MR) is 82.1 cm³/mol. The summed E-state index contributed by atoms with van der Waals surface area (Å²) < 4.78 is 11.3. The Morgan fingerprint density at radius 1 is 1.52 bits per heavy atom. The summed E-state index contributed by atoms with van der Waals surface area (Å²) in [5, 5.41) is 10.8. The van der Waals surface area contributed by atoms with E-state index in [2.05, 4.69) is 9.97 Å². The number of morpholine rings is 1. The number of furan rings is 1. The van der Waals surface area contributed by atoms with E-state index in [4.69, 9.17) is 14.9 Å². The Labute approximate surface area is 132 Å². The molecule has 1 aliphatic heterocycles. The molecule has 2 N–H and O–H groups in total. The van der Waals surface area contributed by atoms with E-state index in [1.807, 2.05) is 24.0 Å². The zero-order chi connectivity index (χ0) is 16.4. The van der Waals surface area contributed by atoms with Crippen LogP contribution in [0.25, 0.3) is 0 Å². The molecule has 0 aliphatic carbocycles. The average Bonchev–Trinajstić information content (AvgIpc) is 3.03. The van der Waals surface area contributed by atoms with Crippen molar-refractivity contribution in [3.05, 3.63) is 40.0 Å². The molecule has 9 heteroatoms. The smallest absolute Gasteiger partial charge is 0.329 e. The number of nitrogens with two attached hydrogens (primary N) is 1. The number of ether oxygens (including phenoxy) is 1. The number of hydrogen-bond donors (Lipinski definition) is 1. The van der Waals surface area contributed by atoms with Crippen LogP contribution in [-0.4, -0.2) is 34.6 Å². The average molecular weight is 319 g/mol. The molecule has 2 aromatic rings. The molecule has 2 aromatic heterocycles. The number of hydrogen-bond acceptors (Lipinski definition) is 8. The minimum atomic E-state index is -0.601. The first-order chi connectivity index (χ1) is 11.1. The van der Waals surface area contributed by atoms with Crippen LogP contribution < -0.4 is 10.6 Å². The highest BCUT2D eigenvalue weighted by Gasteiger charge is 2.30. The number of nitrogens with zero attached hydrogens (tertiary/aromatic N) is 4. The van der Waals surface area contributed by atoms with Crippen LogP contribution in [0.5, 0.6) is 0 Å². The number of aromatic nitrogens is 2. The van der Waals surface area contributed by atoms with Gasteiger partial charge >= 0.3 is 5.69 Å². The number of nitro groups is 1. The first kappa shape index (κ1) is 15.2. The maximum Gasteiger partial charge on any atom is 0.329 e. The van der Waals surface area contributed by atoms with Gasteiger partial charge in [-0.3, -0.25) is 10.1 Å². The highest BCUT2D eigenvalue weighted by Crippen LogP contribution is 2.30. The Bertz CT molecular complexity index is 717. The van der Waals surface area contributed by atoms with Crippen LogP contribution in [0.15, 0.2) is 22.7 Å². The number of aryl methyl sites for hydroxylation is 1. The molecule has 0 saturated carbocycles. The number of nitrogen functional groups attached to an aromatic ring is 1. The molecule has 0 bridgehead atoms. The van der Waals surface area contributed by atoms with Crippen molar-refractivity contribution in [2.24, 2.45) is 0 Å². The van der Waals surface area contributed by atoms with Crippen LogP contribution in [0.3, 0.4) is 0 Å². The van der Waals surface area contributed by atoms with Crippen molar-refractivity contribution in [3.63, 3.8) is 0 Å².